The molecule has 0 aliphatic rings. The van der Waals surface area contributed by atoms with Gasteiger partial charge in [0.2, 0.25) is 0 Å². The van der Waals surface area contributed by atoms with E-state index in [0.29, 0.717) is 22.9 Å². The number of methoxy groups -OCH3 is 2. The molecule has 1 aromatic heterocycles. The number of aromatic nitrogens is 3. The van der Waals surface area contributed by atoms with E-state index < -0.39 is 11.4 Å². The summed E-state index contributed by atoms with van der Waals surface area (Å²) in [6.07, 6.45) is 0. The minimum Gasteiger partial charge on any atom is -0.496 e. The Labute approximate surface area is 150 Å². The summed E-state index contributed by atoms with van der Waals surface area (Å²) in [6.45, 7) is 4.02. The molecule has 3 aromatic rings. The number of benzene rings is 2. The predicted molar refractivity (Wildman–Crippen MR) is 99.2 cm³/mol. The van der Waals surface area contributed by atoms with Gasteiger partial charge in [0.15, 0.2) is 0 Å². The van der Waals surface area contributed by atoms with Crippen molar-refractivity contribution in [3.63, 3.8) is 0 Å². The second kappa shape index (κ2) is 6.95. The largest absolute Gasteiger partial charge is 0.496 e. The lowest BCUT2D eigenvalue weighted by Crippen LogP contribution is -2.27. The Kier molecular flexibility index (Phi) is 4.71. The van der Waals surface area contributed by atoms with Crippen molar-refractivity contribution < 1.29 is 9.47 Å². The fraction of sp³-hybridized carbons (Fsp3) is 0.263. The van der Waals surface area contributed by atoms with Crippen LogP contribution < -0.4 is 20.9 Å². The summed E-state index contributed by atoms with van der Waals surface area (Å²) >= 11 is 0. The van der Waals surface area contributed by atoms with Crippen molar-refractivity contribution in [2.45, 2.75) is 19.8 Å². The molecule has 3 rings (SSSR count). The van der Waals surface area contributed by atoms with Gasteiger partial charge in [0, 0.05) is 6.07 Å². The van der Waals surface area contributed by atoms with E-state index in [1.165, 1.54) is 11.8 Å². The molecule has 0 aliphatic carbocycles. The Hall–Kier alpha value is -3.22. The van der Waals surface area contributed by atoms with E-state index in [1.54, 1.807) is 43.5 Å². The van der Waals surface area contributed by atoms with Crippen molar-refractivity contribution in [3.8, 4) is 22.9 Å². The molecule has 0 radical (unpaired) electrons. The highest BCUT2D eigenvalue weighted by atomic mass is 16.5. The molecule has 7 heteroatoms. The third kappa shape index (κ3) is 2.92. The van der Waals surface area contributed by atoms with Crippen molar-refractivity contribution in [1.29, 1.82) is 0 Å². The predicted octanol–water partition coefficient (Wildman–Crippen LogP) is 2.46. The number of nitrogens with one attached hydrogen (secondary N) is 1. The Morgan fingerprint density at radius 2 is 1.62 bits per heavy atom. The van der Waals surface area contributed by atoms with Crippen LogP contribution in [0.15, 0.2) is 52.1 Å². The highest BCUT2D eigenvalue weighted by molar-refractivity contribution is 5.56. The molecule has 26 heavy (non-hydrogen) atoms. The van der Waals surface area contributed by atoms with Crippen molar-refractivity contribution in [2.75, 3.05) is 14.2 Å². The van der Waals surface area contributed by atoms with Crippen LogP contribution in [-0.4, -0.2) is 28.6 Å². The Morgan fingerprint density at radius 1 is 0.962 bits per heavy atom. The van der Waals surface area contributed by atoms with Gasteiger partial charge in [-0.25, -0.2) is 23.9 Å². The first-order chi connectivity index (χ1) is 12.5. The smallest absolute Gasteiger partial charge is 0.356 e. The van der Waals surface area contributed by atoms with Crippen LogP contribution in [0.2, 0.25) is 0 Å². The molecule has 0 spiro atoms. The van der Waals surface area contributed by atoms with Gasteiger partial charge in [0.1, 0.15) is 11.5 Å². The van der Waals surface area contributed by atoms with E-state index in [-0.39, 0.29) is 5.92 Å². The van der Waals surface area contributed by atoms with Crippen LogP contribution in [0.3, 0.4) is 0 Å². The molecule has 0 saturated heterocycles. The SMILES string of the molecule is COc1cc(OC)c(-n2c(=O)[nH]n(-c3ccccc3)c2=O)cc1C(C)C. The van der Waals surface area contributed by atoms with E-state index >= 15 is 0 Å². The van der Waals surface area contributed by atoms with Gasteiger partial charge in [-0.1, -0.05) is 32.0 Å². The molecule has 1 N–H and O–H groups in total. The van der Waals surface area contributed by atoms with Crippen molar-refractivity contribution in [3.05, 3.63) is 69.0 Å². The third-order valence-corrected chi connectivity index (χ3v) is 4.20. The van der Waals surface area contributed by atoms with Crippen molar-refractivity contribution >= 4 is 0 Å². The lowest BCUT2D eigenvalue weighted by atomic mass is 10.0. The van der Waals surface area contributed by atoms with Crippen molar-refractivity contribution in [2.24, 2.45) is 0 Å². The number of rotatable bonds is 5. The van der Waals surface area contributed by atoms with E-state index in [0.717, 1.165) is 10.1 Å². The molecular weight excluding hydrogens is 334 g/mol. The van der Waals surface area contributed by atoms with Gasteiger partial charge in [0.25, 0.3) is 0 Å². The highest BCUT2D eigenvalue weighted by Gasteiger charge is 2.20. The maximum atomic E-state index is 12.9. The van der Waals surface area contributed by atoms with Gasteiger partial charge in [-0.2, -0.15) is 0 Å². The fourth-order valence-corrected chi connectivity index (χ4v) is 2.88. The van der Waals surface area contributed by atoms with Gasteiger partial charge in [0.05, 0.1) is 25.6 Å². The fourth-order valence-electron chi connectivity index (χ4n) is 2.88. The zero-order valence-electron chi connectivity index (χ0n) is 15.1. The minimum atomic E-state index is -0.544. The van der Waals surface area contributed by atoms with Crippen LogP contribution in [0.25, 0.3) is 11.4 Å². The summed E-state index contributed by atoms with van der Waals surface area (Å²) in [7, 11) is 3.06. The molecule has 0 saturated carbocycles. The highest BCUT2D eigenvalue weighted by Crippen LogP contribution is 2.34. The summed E-state index contributed by atoms with van der Waals surface area (Å²) in [4.78, 5) is 25.4. The number of hydrogen-bond acceptors (Lipinski definition) is 4. The molecule has 0 bridgehead atoms. The van der Waals surface area contributed by atoms with E-state index in [9.17, 15) is 9.59 Å². The minimum absolute atomic E-state index is 0.139. The number of ether oxygens (including phenoxy) is 2. The first-order valence-corrected chi connectivity index (χ1v) is 8.23. The van der Waals surface area contributed by atoms with E-state index in [1.807, 2.05) is 19.9 Å². The topological polar surface area (TPSA) is 78.2 Å². The molecule has 2 aromatic carbocycles. The zero-order chi connectivity index (χ0) is 18.8. The average molecular weight is 355 g/mol. The van der Waals surface area contributed by atoms with Crippen molar-refractivity contribution in [1.82, 2.24) is 14.3 Å². The first kappa shape index (κ1) is 17.6. The lowest BCUT2D eigenvalue weighted by molar-refractivity contribution is 0.388. The van der Waals surface area contributed by atoms with Crippen LogP contribution in [0.1, 0.15) is 25.3 Å². The number of para-hydroxylation sites is 1. The van der Waals surface area contributed by atoms with Gasteiger partial charge >= 0.3 is 11.4 Å². The standard InChI is InChI=1S/C19H21N3O4/c1-12(2)14-10-15(17(26-4)11-16(14)25-3)21-18(23)20-22(19(21)24)13-8-6-5-7-9-13/h5-12H,1-4H3,(H,20,23). The molecule has 0 aliphatic heterocycles. The quantitative estimate of drug-likeness (QED) is 0.763. The average Bonchev–Trinajstić information content (AvgIpc) is 2.95. The van der Waals surface area contributed by atoms with Crippen LogP contribution in [-0.2, 0) is 0 Å². The maximum absolute atomic E-state index is 12.9. The van der Waals surface area contributed by atoms with Gasteiger partial charge in [-0.05, 0) is 29.7 Å². The third-order valence-electron chi connectivity index (χ3n) is 4.20. The zero-order valence-corrected chi connectivity index (χ0v) is 15.1. The maximum Gasteiger partial charge on any atom is 0.356 e. The van der Waals surface area contributed by atoms with Crippen LogP contribution in [0, 0.1) is 0 Å². The molecule has 7 nitrogen and oxygen atoms in total. The molecular formula is C19H21N3O4. The van der Waals surface area contributed by atoms with Crippen LogP contribution in [0.5, 0.6) is 11.5 Å². The second-order valence-electron chi connectivity index (χ2n) is 6.13. The summed E-state index contributed by atoms with van der Waals surface area (Å²) in [5.41, 5.74) is 0.779. The molecule has 136 valence electrons. The van der Waals surface area contributed by atoms with Crippen LogP contribution in [0.4, 0.5) is 0 Å². The number of H-pyrrole nitrogens is 1. The lowest BCUT2D eigenvalue weighted by Gasteiger charge is -2.16. The summed E-state index contributed by atoms with van der Waals surface area (Å²) < 4.78 is 13.1. The first-order valence-electron chi connectivity index (χ1n) is 8.23. The Morgan fingerprint density at radius 3 is 2.19 bits per heavy atom. The number of aromatic amines is 1. The van der Waals surface area contributed by atoms with E-state index in [4.69, 9.17) is 9.47 Å². The summed E-state index contributed by atoms with van der Waals surface area (Å²) in [5.74, 6) is 1.16. The van der Waals surface area contributed by atoms with Gasteiger partial charge < -0.3 is 9.47 Å². The monoisotopic (exact) mass is 355 g/mol. The number of hydrogen-bond donors (Lipinski definition) is 1. The van der Waals surface area contributed by atoms with Crippen LogP contribution >= 0.6 is 0 Å². The molecule has 0 atom stereocenters. The molecule has 1 heterocycles. The summed E-state index contributed by atoms with van der Waals surface area (Å²) in [5, 5.41) is 2.58. The summed E-state index contributed by atoms with van der Waals surface area (Å²) in [6, 6.07) is 12.4. The molecule has 0 unspecified atom stereocenters. The molecule has 0 fully saturated rings. The Balaban J connectivity index is 2.28. The van der Waals surface area contributed by atoms with Gasteiger partial charge in [-0.15, -0.1) is 0 Å². The second-order valence-corrected chi connectivity index (χ2v) is 6.13. The number of nitrogens with zero attached hydrogens (tertiary/aromatic N) is 2. The Bertz CT molecular complexity index is 1030. The normalized spacial score (nSPS) is 11.0. The van der Waals surface area contributed by atoms with E-state index in [2.05, 4.69) is 5.10 Å². The van der Waals surface area contributed by atoms with Gasteiger partial charge in [-0.3, -0.25) is 0 Å². The molecule has 0 amide bonds.